The van der Waals surface area contributed by atoms with Gasteiger partial charge in [-0.3, -0.25) is 19.2 Å². The highest BCUT2D eigenvalue weighted by molar-refractivity contribution is 6.04. The summed E-state index contributed by atoms with van der Waals surface area (Å²) in [6, 6.07) is 15.3. The average Bonchev–Trinajstić information content (AvgIpc) is 3.79. The van der Waals surface area contributed by atoms with E-state index in [1.165, 1.54) is 4.90 Å². The second-order valence-electron chi connectivity index (χ2n) is 13.6. The standard InChI is InChI=1S/C40H52N4O7/c1-7-11-17-32(46)41(6)27(5)35(28-15-13-12-14-16-28)50-39(49)33-31-22-23-40(51-31)34(33)37(47)44(25-26-45)36(40)38(48)43(24-8-2)30-20-18-29(19-21-30)42(9-3)10-4/h7-8,12-16,18-21,27,31,33-36,45H,1-2,9-11,17,22-26H2,3-6H3/t27-,31-,33+,34+,35+,36-,40+/m1/s1. The number of likely N-dealkylation sites (N-methyl/N-ethyl adjacent to an activating group) is 1. The Morgan fingerprint density at radius 3 is 2.33 bits per heavy atom. The lowest BCUT2D eigenvalue weighted by Gasteiger charge is -2.37. The van der Waals surface area contributed by atoms with Gasteiger partial charge in [-0.05, 0) is 69.9 Å². The lowest BCUT2D eigenvalue weighted by Crippen LogP contribution is -2.56. The van der Waals surface area contributed by atoms with Crippen LogP contribution in [0.4, 0.5) is 11.4 Å². The summed E-state index contributed by atoms with van der Waals surface area (Å²) in [5, 5.41) is 10.1. The number of ether oxygens (including phenoxy) is 2. The number of hydrogen-bond acceptors (Lipinski definition) is 8. The number of fused-ring (bicyclic) bond motifs is 1. The van der Waals surface area contributed by atoms with E-state index >= 15 is 0 Å². The minimum Gasteiger partial charge on any atom is -0.455 e. The number of allylic oxidation sites excluding steroid dienone is 1. The van der Waals surface area contributed by atoms with E-state index in [1.807, 2.05) is 61.5 Å². The van der Waals surface area contributed by atoms with E-state index in [-0.39, 0.29) is 37.9 Å². The van der Waals surface area contributed by atoms with E-state index in [0.29, 0.717) is 30.5 Å². The maximum absolute atomic E-state index is 14.7. The number of aliphatic hydroxyl groups is 1. The van der Waals surface area contributed by atoms with Gasteiger partial charge in [0.15, 0.2) is 0 Å². The number of hydrogen-bond donors (Lipinski definition) is 1. The van der Waals surface area contributed by atoms with Crippen molar-refractivity contribution in [1.82, 2.24) is 9.80 Å². The molecule has 11 heteroatoms. The van der Waals surface area contributed by atoms with Crippen molar-refractivity contribution in [3.8, 4) is 0 Å². The molecule has 7 atom stereocenters. The van der Waals surface area contributed by atoms with Gasteiger partial charge in [0.2, 0.25) is 11.8 Å². The number of nitrogens with zero attached hydrogens (tertiary/aromatic N) is 4. The molecule has 0 aromatic heterocycles. The van der Waals surface area contributed by atoms with Crippen molar-refractivity contribution in [3.05, 3.63) is 85.5 Å². The minimum atomic E-state index is -1.27. The minimum absolute atomic E-state index is 0.0899. The molecule has 3 fully saturated rings. The van der Waals surface area contributed by atoms with Gasteiger partial charge < -0.3 is 34.2 Å². The Morgan fingerprint density at radius 1 is 1.06 bits per heavy atom. The van der Waals surface area contributed by atoms with E-state index < -0.39 is 53.6 Å². The topological polar surface area (TPSA) is 120 Å². The van der Waals surface area contributed by atoms with Gasteiger partial charge >= 0.3 is 5.97 Å². The largest absolute Gasteiger partial charge is 0.455 e. The summed E-state index contributed by atoms with van der Waals surface area (Å²) in [4.78, 5) is 63.2. The van der Waals surface area contributed by atoms with Crippen LogP contribution in [0.15, 0.2) is 79.9 Å². The Hall–Kier alpha value is -4.48. The van der Waals surface area contributed by atoms with Crippen molar-refractivity contribution in [1.29, 1.82) is 0 Å². The first-order chi connectivity index (χ1) is 24.6. The van der Waals surface area contributed by atoms with Gasteiger partial charge in [-0.15, -0.1) is 13.2 Å². The zero-order valence-corrected chi connectivity index (χ0v) is 30.3. The average molecular weight is 701 g/mol. The first kappa shape index (κ1) is 37.8. The number of rotatable bonds is 17. The van der Waals surface area contributed by atoms with E-state index in [2.05, 4.69) is 31.9 Å². The van der Waals surface area contributed by atoms with Crippen molar-refractivity contribution >= 4 is 35.1 Å². The Morgan fingerprint density at radius 2 is 1.73 bits per heavy atom. The van der Waals surface area contributed by atoms with Crippen LogP contribution in [-0.4, -0.2) is 102 Å². The van der Waals surface area contributed by atoms with Gasteiger partial charge in [0.1, 0.15) is 17.7 Å². The number of esters is 1. The lowest BCUT2D eigenvalue weighted by molar-refractivity contribution is -0.164. The van der Waals surface area contributed by atoms with Crippen LogP contribution in [-0.2, 0) is 28.7 Å². The number of aliphatic hydroxyl groups excluding tert-OH is 1. The number of likely N-dealkylation sites (tertiary alicyclic amines) is 1. The Balaban J connectivity index is 1.46. The molecule has 3 aliphatic rings. The summed E-state index contributed by atoms with van der Waals surface area (Å²) in [5.41, 5.74) is 1.10. The SMILES string of the molecule is C=CCCC(=O)N(C)[C@H](C)[C@H](OC(=O)[C@@H]1[C@H]2C(=O)N(CCO)[C@H](C(=O)N(CC=C)c3ccc(N(CC)CC)cc3)[C@]23CC[C@H]1O3)c1ccccc1. The van der Waals surface area contributed by atoms with E-state index in [4.69, 9.17) is 9.47 Å². The highest BCUT2D eigenvalue weighted by Gasteiger charge is 2.75. The molecule has 2 bridgehead atoms. The Kier molecular flexibility index (Phi) is 12.0. The van der Waals surface area contributed by atoms with Crippen LogP contribution >= 0.6 is 0 Å². The molecule has 0 unspecified atom stereocenters. The third-order valence-electron chi connectivity index (χ3n) is 10.9. The summed E-state index contributed by atoms with van der Waals surface area (Å²) < 4.78 is 12.9. The van der Waals surface area contributed by atoms with Crippen LogP contribution in [0, 0.1) is 11.8 Å². The fourth-order valence-electron chi connectivity index (χ4n) is 8.20. The molecule has 0 radical (unpaired) electrons. The molecule has 0 aliphatic carbocycles. The maximum atomic E-state index is 14.7. The molecule has 51 heavy (non-hydrogen) atoms. The van der Waals surface area contributed by atoms with E-state index in [9.17, 15) is 24.3 Å². The van der Waals surface area contributed by atoms with Gasteiger partial charge in [-0.2, -0.15) is 0 Å². The van der Waals surface area contributed by atoms with Crippen LogP contribution in [0.5, 0.6) is 0 Å². The molecular weight excluding hydrogens is 648 g/mol. The number of carbonyl (C=O) groups excluding carboxylic acids is 4. The van der Waals surface area contributed by atoms with Gasteiger partial charge in [0.05, 0.1) is 30.6 Å². The van der Waals surface area contributed by atoms with Crippen LogP contribution in [0.1, 0.15) is 58.1 Å². The normalized spacial score (nSPS) is 24.4. The highest BCUT2D eigenvalue weighted by Crippen LogP contribution is 2.59. The van der Waals surface area contributed by atoms with Crippen LogP contribution < -0.4 is 9.80 Å². The molecule has 2 aromatic rings. The fraction of sp³-hybridized carbons (Fsp3) is 0.500. The number of anilines is 2. The maximum Gasteiger partial charge on any atom is 0.313 e. The summed E-state index contributed by atoms with van der Waals surface area (Å²) in [6.07, 6.45) is 3.53. The first-order valence-corrected chi connectivity index (χ1v) is 18.1. The second-order valence-corrected chi connectivity index (χ2v) is 13.6. The Labute approximate surface area is 301 Å². The van der Waals surface area contributed by atoms with Crippen LogP contribution in [0.25, 0.3) is 0 Å². The van der Waals surface area contributed by atoms with Crippen LogP contribution in [0.3, 0.4) is 0 Å². The highest BCUT2D eigenvalue weighted by atomic mass is 16.6. The quantitative estimate of drug-likeness (QED) is 0.189. The smallest absolute Gasteiger partial charge is 0.313 e. The van der Waals surface area contributed by atoms with Crippen molar-refractivity contribution in [2.24, 2.45) is 11.8 Å². The molecule has 274 valence electrons. The molecule has 3 amide bonds. The van der Waals surface area contributed by atoms with Gasteiger partial charge in [0, 0.05) is 51.0 Å². The molecule has 11 nitrogen and oxygen atoms in total. The zero-order valence-electron chi connectivity index (χ0n) is 30.3. The van der Waals surface area contributed by atoms with E-state index in [1.54, 1.807) is 29.0 Å². The van der Waals surface area contributed by atoms with Crippen molar-refractivity contribution < 1.29 is 33.8 Å². The molecule has 3 saturated heterocycles. The van der Waals surface area contributed by atoms with Crippen molar-refractivity contribution in [2.45, 2.75) is 76.3 Å². The predicted molar refractivity (Wildman–Crippen MR) is 196 cm³/mol. The molecule has 3 aliphatic heterocycles. The number of amides is 3. The predicted octanol–water partition coefficient (Wildman–Crippen LogP) is 4.52. The molecule has 1 spiro atoms. The van der Waals surface area contributed by atoms with Gasteiger partial charge in [0.25, 0.3) is 5.91 Å². The molecule has 0 saturated carbocycles. The lowest BCUT2D eigenvalue weighted by atomic mass is 9.70. The molecule has 2 aromatic carbocycles. The summed E-state index contributed by atoms with van der Waals surface area (Å²) in [6.45, 7) is 15.0. The number of benzene rings is 2. The number of β-amino-alcohol motifs (C(OH)–C–C–N with tert-alkyl or cyclic N) is 1. The van der Waals surface area contributed by atoms with Gasteiger partial charge in [-0.25, -0.2) is 0 Å². The van der Waals surface area contributed by atoms with Gasteiger partial charge in [-0.1, -0.05) is 42.5 Å². The Bertz CT molecular complexity index is 1580. The third kappa shape index (κ3) is 7.06. The third-order valence-corrected chi connectivity index (χ3v) is 10.9. The molecule has 1 N–H and O–H groups in total. The first-order valence-electron chi connectivity index (χ1n) is 18.1. The summed E-state index contributed by atoms with van der Waals surface area (Å²) >= 11 is 0. The van der Waals surface area contributed by atoms with E-state index in [0.717, 1.165) is 18.8 Å². The molecular formula is C40H52N4O7. The summed E-state index contributed by atoms with van der Waals surface area (Å²) in [7, 11) is 1.69. The second kappa shape index (κ2) is 16.2. The molecule has 5 rings (SSSR count). The van der Waals surface area contributed by atoms with Crippen molar-refractivity contribution in [2.75, 3.05) is 49.6 Å². The zero-order chi connectivity index (χ0) is 36.9. The van der Waals surface area contributed by atoms with Crippen molar-refractivity contribution in [3.63, 3.8) is 0 Å². The van der Waals surface area contributed by atoms with Crippen LogP contribution in [0.2, 0.25) is 0 Å². The number of carbonyl (C=O) groups is 4. The monoisotopic (exact) mass is 700 g/mol. The molecule has 3 heterocycles. The fourth-order valence-corrected chi connectivity index (χ4v) is 8.20. The summed E-state index contributed by atoms with van der Waals surface area (Å²) in [5.74, 6) is -3.44.